The van der Waals surface area contributed by atoms with E-state index in [9.17, 15) is 0 Å². The van der Waals surface area contributed by atoms with Gasteiger partial charge in [-0.2, -0.15) is 10.4 Å². The fourth-order valence-corrected chi connectivity index (χ4v) is 3.33. The summed E-state index contributed by atoms with van der Waals surface area (Å²) >= 11 is 1.93. The first-order valence-electron chi connectivity index (χ1n) is 5.98. The maximum absolute atomic E-state index is 8.89. The maximum atomic E-state index is 8.89. The number of fused-ring (bicyclic) bond motifs is 1. The molecule has 0 amide bonds. The third-order valence-electron chi connectivity index (χ3n) is 3.20. The summed E-state index contributed by atoms with van der Waals surface area (Å²) in [6.07, 6.45) is 2.40. The number of aromatic nitrogens is 2. The van der Waals surface area contributed by atoms with Crippen LogP contribution in [0.25, 0.3) is 11.3 Å². The van der Waals surface area contributed by atoms with E-state index in [1.807, 2.05) is 24.9 Å². The van der Waals surface area contributed by atoms with Crippen LogP contribution in [0.2, 0.25) is 0 Å². The molecule has 1 aliphatic rings. The summed E-state index contributed by atoms with van der Waals surface area (Å²) in [5.41, 5.74) is 4.04. The van der Waals surface area contributed by atoms with Crippen molar-refractivity contribution >= 4 is 11.8 Å². The van der Waals surface area contributed by atoms with Gasteiger partial charge in [0.1, 0.15) is 6.07 Å². The molecule has 2 aromatic rings. The minimum absolute atomic E-state index is 0.472. The molecular formula is C14H13N3S. The maximum Gasteiger partial charge on any atom is 0.163 e. The lowest BCUT2D eigenvalue weighted by Gasteiger charge is -2.16. The third kappa shape index (κ3) is 1.91. The van der Waals surface area contributed by atoms with Crippen molar-refractivity contribution in [3.05, 3.63) is 35.5 Å². The van der Waals surface area contributed by atoms with Crippen LogP contribution in [0.3, 0.4) is 0 Å². The van der Waals surface area contributed by atoms with Crippen LogP contribution in [0, 0.1) is 11.3 Å². The molecule has 3 rings (SSSR count). The van der Waals surface area contributed by atoms with Gasteiger partial charge in [0.15, 0.2) is 5.69 Å². The highest BCUT2D eigenvalue weighted by Crippen LogP contribution is 2.33. The van der Waals surface area contributed by atoms with Gasteiger partial charge in [0, 0.05) is 23.6 Å². The minimum Gasteiger partial charge on any atom is -0.267 e. The molecule has 18 heavy (non-hydrogen) atoms. The molecule has 0 radical (unpaired) electrons. The summed E-state index contributed by atoms with van der Waals surface area (Å²) in [6, 6.07) is 10.5. The Balaban J connectivity index is 2.06. The lowest BCUT2D eigenvalue weighted by Crippen LogP contribution is -1.99. The molecule has 0 unspecified atom stereocenters. The summed E-state index contributed by atoms with van der Waals surface area (Å²) in [4.78, 5) is 1.40. The van der Waals surface area contributed by atoms with E-state index in [2.05, 4.69) is 29.4 Å². The van der Waals surface area contributed by atoms with Crippen molar-refractivity contribution in [2.75, 3.05) is 5.75 Å². The van der Waals surface area contributed by atoms with Gasteiger partial charge >= 0.3 is 0 Å². The largest absolute Gasteiger partial charge is 0.267 e. The lowest BCUT2D eigenvalue weighted by atomic mass is 10.0. The van der Waals surface area contributed by atoms with Crippen molar-refractivity contribution < 1.29 is 0 Å². The van der Waals surface area contributed by atoms with Crippen LogP contribution in [0.5, 0.6) is 0 Å². The Morgan fingerprint density at radius 1 is 1.39 bits per heavy atom. The highest BCUT2D eigenvalue weighted by atomic mass is 32.2. The van der Waals surface area contributed by atoms with Gasteiger partial charge in [0.2, 0.25) is 0 Å². The summed E-state index contributed by atoms with van der Waals surface area (Å²) < 4.78 is 1.77. The molecule has 0 spiro atoms. The van der Waals surface area contributed by atoms with E-state index >= 15 is 0 Å². The fraction of sp³-hybridized carbons (Fsp3) is 0.286. The average Bonchev–Trinajstić information content (AvgIpc) is 2.79. The predicted octanol–water partition coefficient (Wildman–Crippen LogP) is 3.00. The number of benzene rings is 1. The van der Waals surface area contributed by atoms with Crippen LogP contribution in [0.4, 0.5) is 0 Å². The summed E-state index contributed by atoms with van der Waals surface area (Å²) in [5, 5.41) is 13.1. The van der Waals surface area contributed by atoms with Crippen LogP contribution < -0.4 is 0 Å². The molecule has 0 saturated carbocycles. The zero-order valence-electron chi connectivity index (χ0n) is 10.2. The molecule has 3 nitrogen and oxygen atoms in total. The van der Waals surface area contributed by atoms with Crippen molar-refractivity contribution in [2.45, 2.75) is 17.7 Å². The molecule has 0 bridgehead atoms. The van der Waals surface area contributed by atoms with E-state index in [0.29, 0.717) is 5.69 Å². The first-order valence-corrected chi connectivity index (χ1v) is 6.97. The highest BCUT2D eigenvalue weighted by molar-refractivity contribution is 7.99. The van der Waals surface area contributed by atoms with Crippen LogP contribution in [0.15, 0.2) is 29.2 Å². The first kappa shape index (κ1) is 11.4. The van der Waals surface area contributed by atoms with Crippen molar-refractivity contribution in [1.29, 1.82) is 5.26 Å². The molecule has 90 valence electrons. The first-order chi connectivity index (χ1) is 8.78. The van der Waals surface area contributed by atoms with Gasteiger partial charge in [-0.1, -0.05) is 6.07 Å². The zero-order valence-corrected chi connectivity index (χ0v) is 11.0. The van der Waals surface area contributed by atoms with Crippen molar-refractivity contribution in [3.8, 4) is 17.3 Å². The normalized spacial score (nSPS) is 14.0. The Morgan fingerprint density at radius 2 is 2.28 bits per heavy atom. The van der Waals surface area contributed by atoms with Gasteiger partial charge in [-0.3, -0.25) is 4.68 Å². The van der Waals surface area contributed by atoms with Gasteiger partial charge in [-0.15, -0.1) is 11.8 Å². The molecule has 0 aliphatic carbocycles. The molecular weight excluding hydrogens is 242 g/mol. The van der Waals surface area contributed by atoms with Crippen molar-refractivity contribution in [2.24, 2.45) is 7.05 Å². The molecule has 0 fully saturated rings. The van der Waals surface area contributed by atoms with E-state index in [-0.39, 0.29) is 0 Å². The van der Waals surface area contributed by atoms with Gasteiger partial charge in [-0.25, -0.2) is 0 Å². The predicted molar refractivity (Wildman–Crippen MR) is 72.4 cm³/mol. The zero-order chi connectivity index (χ0) is 12.5. The molecule has 1 aliphatic heterocycles. The number of hydrogen-bond acceptors (Lipinski definition) is 3. The Labute approximate surface area is 110 Å². The quantitative estimate of drug-likeness (QED) is 0.786. The SMILES string of the molecule is Cn1nc(C#N)cc1-c1ccc2c(c1)CCCS2. The fourth-order valence-electron chi connectivity index (χ4n) is 2.31. The Bertz CT molecular complexity index is 637. The van der Waals surface area contributed by atoms with Crippen LogP contribution in [-0.2, 0) is 13.5 Å². The highest BCUT2D eigenvalue weighted by Gasteiger charge is 2.13. The van der Waals surface area contributed by atoms with Crippen LogP contribution >= 0.6 is 11.8 Å². The molecule has 1 aromatic carbocycles. The number of aryl methyl sites for hydroxylation is 2. The summed E-state index contributed by atoms with van der Waals surface area (Å²) in [5.74, 6) is 1.22. The standard InChI is InChI=1S/C14H13N3S/c1-17-13(8-12(9-15)16-17)10-4-5-14-11(7-10)3-2-6-18-14/h4-5,7-8H,2-3,6H2,1H3. The second kappa shape index (κ2) is 4.51. The third-order valence-corrected chi connectivity index (χ3v) is 4.40. The van der Waals surface area contributed by atoms with Gasteiger partial charge in [0.05, 0.1) is 5.69 Å². The number of nitrogens with zero attached hydrogens (tertiary/aromatic N) is 3. The molecule has 0 N–H and O–H groups in total. The molecule has 4 heteroatoms. The topological polar surface area (TPSA) is 41.6 Å². The molecule has 0 saturated heterocycles. The number of rotatable bonds is 1. The number of nitriles is 1. The molecule has 1 aromatic heterocycles. The van der Waals surface area contributed by atoms with Crippen LogP contribution in [-0.4, -0.2) is 15.5 Å². The second-order valence-corrected chi connectivity index (χ2v) is 5.56. The molecule has 0 atom stereocenters. The smallest absolute Gasteiger partial charge is 0.163 e. The number of thioether (sulfide) groups is 1. The van der Waals surface area contributed by atoms with Crippen LogP contribution in [0.1, 0.15) is 17.7 Å². The Morgan fingerprint density at radius 3 is 3.06 bits per heavy atom. The van der Waals surface area contributed by atoms with Crippen molar-refractivity contribution in [3.63, 3.8) is 0 Å². The van der Waals surface area contributed by atoms with E-state index < -0.39 is 0 Å². The number of hydrogen-bond donors (Lipinski definition) is 0. The monoisotopic (exact) mass is 255 g/mol. The van der Waals surface area contributed by atoms with Gasteiger partial charge in [0.25, 0.3) is 0 Å². The summed E-state index contributed by atoms with van der Waals surface area (Å²) in [7, 11) is 1.88. The van der Waals surface area contributed by atoms with E-state index in [1.165, 1.54) is 22.6 Å². The minimum atomic E-state index is 0.472. The molecule has 2 heterocycles. The van der Waals surface area contributed by atoms with E-state index in [1.54, 1.807) is 4.68 Å². The average molecular weight is 255 g/mol. The summed E-state index contributed by atoms with van der Waals surface area (Å²) in [6.45, 7) is 0. The van der Waals surface area contributed by atoms with Crippen molar-refractivity contribution in [1.82, 2.24) is 9.78 Å². The van der Waals surface area contributed by atoms with Gasteiger partial charge in [-0.05, 0) is 36.3 Å². The second-order valence-electron chi connectivity index (χ2n) is 4.42. The Hall–Kier alpha value is -1.73. The van der Waals surface area contributed by atoms with E-state index in [0.717, 1.165) is 17.7 Å². The Kier molecular flexibility index (Phi) is 2.85. The lowest BCUT2D eigenvalue weighted by molar-refractivity contribution is 0.770. The van der Waals surface area contributed by atoms with Gasteiger partial charge < -0.3 is 0 Å². The van der Waals surface area contributed by atoms with E-state index in [4.69, 9.17) is 5.26 Å².